The molecular formula is C19H34O2Si3. The normalized spacial score (nSPS) is 10.6. The van der Waals surface area contributed by atoms with Crippen molar-refractivity contribution in [2.24, 2.45) is 0 Å². The average molecular weight is 379 g/mol. The summed E-state index contributed by atoms with van der Waals surface area (Å²) in [6, 6.07) is 19.8. The lowest BCUT2D eigenvalue weighted by atomic mass is 10.4. The van der Waals surface area contributed by atoms with E-state index >= 15 is 0 Å². The van der Waals surface area contributed by atoms with Gasteiger partial charge in [0.2, 0.25) is 9.04 Å². The van der Waals surface area contributed by atoms with Crippen molar-refractivity contribution in [3.05, 3.63) is 60.7 Å². The topological polar surface area (TPSA) is 40.5 Å². The smallest absolute Gasteiger partial charge is 0.236 e. The minimum Gasteiger partial charge on any atom is -0.433 e. The van der Waals surface area contributed by atoms with E-state index in [1.165, 1.54) is 0 Å². The van der Waals surface area contributed by atoms with Gasteiger partial charge in [-0.2, -0.15) is 0 Å². The molecule has 0 bridgehead atoms. The van der Waals surface area contributed by atoms with Crippen molar-refractivity contribution in [1.29, 1.82) is 0 Å². The van der Waals surface area contributed by atoms with Crippen LogP contribution >= 0.6 is 0 Å². The molecule has 2 N–H and O–H groups in total. The molecule has 0 aliphatic heterocycles. The molecule has 0 atom stereocenters. The van der Waals surface area contributed by atoms with Crippen LogP contribution in [0.3, 0.4) is 0 Å². The Balaban J connectivity index is 0.000000456. The summed E-state index contributed by atoms with van der Waals surface area (Å²) in [5.41, 5.74) is 1.16. The van der Waals surface area contributed by atoms with Crippen molar-refractivity contribution in [3.63, 3.8) is 0 Å². The Labute approximate surface area is 152 Å². The maximum absolute atomic E-state index is 10.1. The van der Waals surface area contributed by atoms with Crippen LogP contribution in [0.25, 0.3) is 0 Å². The van der Waals surface area contributed by atoms with Gasteiger partial charge in [-0.05, 0) is 29.1 Å². The van der Waals surface area contributed by atoms with Crippen LogP contribution in [0.2, 0.25) is 31.9 Å². The van der Waals surface area contributed by atoms with E-state index in [9.17, 15) is 9.59 Å². The molecule has 0 aliphatic carbocycles. The molecule has 0 saturated heterocycles. The molecule has 0 spiro atoms. The highest BCUT2D eigenvalue weighted by molar-refractivity contribution is 6.82. The number of benzene rings is 2. The third-order valence-corrected chi connectivity index (χ3v) is 12.4. The lowest BCUT2D eigenvalue weighted by Crippen LogP contribution is -2.41. The zero-order valence-corrected chi connectivity index (χ0v) is 19.3. The number of rotatable bonds is 4. The van der Waals surface area contributed by atoms with Gasteiger partial charge in [-0.3, -0.25) is 0 Å². The quantitative estimate of drug-likeness (QED) is 0.803. The van der Waals surface area contributed by atoms with E-state index in [-0.39, 0.29) is 0 Å². The molecule has 134 valence electrons. The van der Waals surface area contributed by atoms with Gasteiger partial charge in [0, 0.05) is 8.80 Å². The molecule has 0 aromatic heterocycles. The summed E-state index contributed by atoms with van der Waals surface area (Å²) in [6.07, 6.45) is 0. The third-order valence-electron chi connectivity index (χ3n) is 3.14. The van der Waals surface area contributed by atoms with Crippen molar-refractivity contribution in [3.8, 4) is 0 Å². The molecule has 2 aromatic rings. The highest BCUT2D eigenvalue weighted by atomic mass is 28.4. The van der Waals surface area contributed by atoms with E-state index < -0.39 is 26.2 Å². The molecule has 2 nitrogen and oxygen atoms in total. The molecule has 0 fully saturated rings. The SMILES string of the molecule is CC.C[SiH](C)C[Si](C)(C)O.O[SiH](c1ccccc1)c1ccccc1. The second kappa shape index (κ2) is 12.4. The molecule has 0 heterocycles. The fraction of sp³-hybridized carbons (Fsp3) is 0.368. The first-order chi connectivity index (χ1) is 11.3. The van der Waals surface area contributed by atoms with Crippen LogP contribution in [0.5, 0.6) is 0 Å². The van der Waals surface area contributed by atoms with E-state index in [1.807, 2.05) is 87.6 Å². The van der Waals surface area contributed by atoms with Crippen molar-refractivity contribution in [2.45, 2.75) is 45.7 Å². The Bertz CT molecular complexity index is 486. The van der Waals surface area contributed by atoms with E-state index in [1.54, 1.807) is 0 Å². The standard InChI is InChI=1S/C12H12OSi.C5H16OSi2.C2H6/c13-14(11-7-3-1-4-8-11)12-9-5-2-6-10-12;1-7(2)5-8(3,4)6;1-2/h1-10,13-14H;6-7H,5H2,1-4H3;1-2H3. The van der Waals surface area contributed by atoms with Gasteiger partial charge < -0.3 is 9.59 Å². The highest BCUT2D eigenvalue weighted by Crippen LogP contribution is 2.06. The minimum absolute atomic E-state index is 0.484. The second-order valence-electron chi connectivity index (χ2n) is 6.63. The second-order valence-corrected chi connectivity index (χ2v) is 16.8. The minimum atomic E-state index is -1.92. The Morgan fingerprint density at radius 3 is 1.33 bits per heavy atom. The van der Waals surface area contributed by atoms with E-state index in [0.29, 0.717) is 0 Å². The molecule has 2 rings (SSSR count). The molecule has 0 unspecified atom stereocenters. The van der Waals surface area contributed by atoms with Crippen molar-refractivity contribution >= 4 is 36.5 Å². The van der Waals surface area contributed by atoms with Crippen LogP contribution in [0.15, 0.2) is 60.7 Å². The predicted molar refractivity (Wildman–Crippen MR) is 116 cm³/mol. The fourth-order valence-corrected chi connectivity index (χ4v) is 12.0. The highest BCUT2D eigenvalue weighted by Gasteiger charge is 2.18. The molecule has 2 aromatic carbocycles. The van der Waals surface area contributed by atoms with Crippen LogP contribution in [-0.4, -0.2) is 35.7 Å². The largest absolute Gasteiger partial charge is 0.433 e. The first-order valence-corrected chi connectivity index (χ1v) is 16.7. The number of hydrogen-bond acceptors (Lipinski definition) is 2. The lowest BCUT2D eigenvalue weighted by Gasteiger charge is -2.14. The predicted octanol–water partition coefficient (Wildman–Crippen LogP) is 2.75. The van der Waals surface area contributed by atoms with Crippen molar-refractivity contribution in [1.82, 2.24) is 0 Å². The van der Waals surface area contributed by atoms with Gasteiger partial charge in [-0.15, -0.1) is 0 Å². The van der Waals surface area contributed by atoms with Gasteiger partial charge in [-0.1, -0.05) is 87.6 Å². The first kappa shape index (κ1) is 23.0. The maximum Gasteiger partial charge on any atom is 0.236 e. The summed E-state index contributed by atoms with van der Waals surface area (Å²) in [5.74, 6) is 0. The van der Waals surface area contributed by atoms with Gasteiger partial charge in [0.05, 0.1) is 0 Å². The van der Waals surface area contributed by atoms with E-state index in [2.05, 4.69) is 13.1 Å². The lowest BCUT2D eigenvalue weighted by molar-refractivity contribution is 0.557. The molecule has 0 radical (unpaired) electrons. The molecule has 0 amide bonds. The zero-order valence-electron chi connectivity index (χ0n) is 16.0. The van der Waals surface area contributed by atoms with Gasteiger partial charge in [0.25, 0.3) is 0 Å². The Kier molecular flexibility index (Phi) is 11.9. The first-order valence-electron chi connectivity index (χ1n) is 8.80. The molecule has 0 saturated carbocycles. The molecule has 5 heteroatoms. The Hall–Kier alpha value is -0.989. The summed E-state index contributed by atoms with van der Waals surface area (Å²) in [4.78, 5) is 19.5. The Morgan fingerprint density at radius 1 is 0.792 bits per heavy atom. The van der Waals surface area contributed by atoms with Crippen LogP contribution in [-0.2, 0) is 0 Å². The summed E-state index contributed by atoms with van der Waals surface area (Å²) in [7, 11) is -4.06. The van der Waals surface area contributed by atoms with Gasteiger partial charge in [0.1, 0.15) is 0 Å². The van der Waals surface area contributed by atoms with Crippen LogP contribution in [0, 0.1) is 0 Å². The Morgan fingerprint density at radius 2 is 1.12 bits per heavy atom. The van der Waals surface area contributed by atoms with Crippen LogP contribution in [0.4, 0.5) is 0 Å². The van der Waals surface area contributed by atoms with Gasteiger partial charge in [0.15, 0.2) is 8.32 Å². The summed E-state index contributed by atoms with van der Waals surface area (Å²) < 4.78 is 0. The zero-order chi connectivity index (χ0) is 18.6. The van der Waals surface area contributed by atoms with E-state index in [4.69, 9.17) is 0 Å². The summed E-state index contributed by atoms with van der Waals surface area (Å²) in [5, 5.41) is 2.14. The number of hydrogen-bond donors (Lipinski definition) is 2. The van der Waals surface area contributed by atoms with Crippen molar-refractivity contribution < 1.29 is 9.59 Å². The average Bonchev–Trinajstić information content (AvgIpc) is 2.56. The van der Waals surface area contributed by atoms with Gasteiger partial charge >= 0.3 is 0 Å². The van der Waals surface area contributed by atoms with Gasteiger partial charge in [-0.25, -0.2) is 0 Å². The molecular weight excluding hydrogens is 344 g/mol. The van der Waals surface area contributed by atoms with Crippen molar-refractivity contribution in [2.75, 3.05) is 0 Å². The summed E-state index contributed by atoms with van der Waals surface area (Å²) >= 11 is 0. The monoisotopic (exact) mass is 378 g/mol. The van der Waals surface area contributed by atoms with Crippen LogP contribution in [0.1, 0.15) is 13.8 Å². The van der Waals surface area contributed by atoms with E-state index in [0.717, 1.165) is 16.0 Å². The molecule has 24 heavy (non-hydrogen) atoms. The summed E-state index contributed by atoms with van der Waals surface area (Å²) in [6.45, 7) is 12.6. The fourth-order valence-electron chi connectivity index (χ4n) is 2.46. The third kappa shape index (κ3) is 10.7. The maximum atomic E-state index is 10.1. The molecule has 0 aliphatic rings. The van der Waals surface area contributed by atoms with Crippen LogP contribution < -0.4 is 10.4 Å².